The molecule has 1 aliphatic rings. The van der Waals surface area contributed by atoms with Crippen molar-refractivity contribution in [2.45, 2.75) is 18.9 Å². The minimum absolute atomic E-state index is 0.0712. The molecule has 0 aromatic carbocycles. The average Bonchev–Trinajstić information content (AvgIpc) is 3.02. The lowest BCUT2D eigenvalue weighted by atomic mass is 10.3. The van der Waals surface area contributed by atoms with E-state index in [2.05, 4.69) is 15.3 Å². The van der Waals surface area contributed by atoms with Crippen LogP contribution in [0, 0.1) is 0 Å². The third-order valence-electron chi connectivity index (χ3n) is 1.74. The van der Waals surface area contributed by atoms with Crippen molar-refractivity contribution in [1.29, 1.82) is 0 Å². The van der Waals surface area contributed by atoms with Crippen molar-refractivity contribution in [2.24, 2.45) is 0 Å². The van der Waals surface area contributed by atoms with Crippen molar-refractivity contribution in [3.05, 3.63) is 24.3 Å². The first-order chi connectivity index (χ1) is 7.59. The number of aromatic nitrogens is 2. The first kappa shape index (κ1) is 11.9. The van der Waals surface area contributed by atoms with Gasteiger partial charge in [-0.1, -0.05) is 0 Å². The minimum atomic E-state index is -1.83. The summed E-state index contributed by atoms with van der Waals surface area (Å²) in [4.78, 5) is 27.4. The topological polar surface area (TPSA) is 112 Å². The number of carbonyl (C=O) groups is 2. The maximum Gasteiger partial charge on any atom is 0.503 e. The van der Waals surface area contributed by atoms with Crippen LogP contribution in [0.1, 0.15) is 23.2 Å². The van der Waals surface area contributed by atoms with E-state index in [0.29, 0.717) is 11.6 Å². The second-order valence-electron chi connectivity index (χ2n) is 3.16. The molecule has 1 fully saturated rings. The van der Waals surface area contributed by atoms with Crippen molar-refractivity contribution in [3.8, 4) is 0 Å². The van der Waals surface area contributed by atoms with E-state index in [-0.39, 0.29) is 5.91 Å². The third kappa shape index (κ3) is 4.89. The summed E-state index contributed by atoms with van der Waals surface area (Å²) in [7, 11) is 0. The zero-order chi connectivity index (χ0) is 12.0. The smallest absolute Gasteiger partial charge is 0.450 e. The van der Waals surface area contributed by atoms with Gasteiger partial charge in [0.15, 0.2) is 0 Å². The Morgan fingerprint density at radius 3 is 2.19 bits per heavy atom. The van der Waals surface area contributed by atoms with Gasteiger partial charge in [-0.15, -0.1) is 0 Å². The SMILES string of the molecule is O=C(NC1CC1)c1cncnc1.O=C(O)O. The molecule has 3 N–H and O–H groups in total. The van der Waals surface area contributed by atoms with Gasteiger partial charge in [0.1, 0.15) is 6.33 Å². The Morgan fingerprint density at radius 2 is 1.75 bits per heavy atom. The fourth-order valence-corrected chi connectivity index (χ4v) is 0.913. The summed E-state index contributed by atoms with van der Waals surface area (Å²) >= 11 is 0. The highest BCUT2D eigenvalue weighted by atomic mass is 16.6. The molecule has 0 spiro atoms. The number of rotatable bonds is 2. The summed E-state index contributed by atoms with van der Waals surface area (Å²) in [6.07, 6.45) is 4.81. The molecule has 0 bridgehead atoms. The lowest BCUT2D eigenvalue weighted by molar-refractivity contribution is 0.0950. The second kappa shape index (κ2) is 5.64. The molecule has 16 heavy (non-hydrogen) atoms. The van der Waals surface area contributed by atoms with Crippen LogP contribution in [0.5, 0.6) is 0 Å². The molecule has 1 aromatic rings. The fourth-order valence-electron chi connectivity index (χ4n) is 0.913. The third-order valence-corrected chi connectivity index (χ3v) is 1.74. The molecule has 7 nitrogen and oxygen atoms in total. The normalized spacial score (nSPS) is 13.2. The van der Waals surface area contributed by atoms with Crippen LogP contribution in [-0.2, 0) is 0 Å². The molecular formula is C9H11N3O4. The number of nitrogens with one attached hydrogen (secondary N) is 1. The van der Waals surface area contributed by atoms with Gasteiger partial charge < -0.3 is 15.5 Å². The zero-order valence-corrected chi connectivity index (χ0v) is 8.33. The summed E-state index contributed by atoms with van der Waals surface area (Å²) in [6.45, 7) is 0. The van der Waals surface area contributed by atoms with E-state index >= 15 is 0 Å². The van der Waals surface area contributed by atoms with E-state index < -0.39 is 6.16 Å². The van der Waals surface area contributed by atoms with E-state index in [0.717, 1.165) is 12.8 Å². The molecule has 0 unspecified atom stereocenters. The van der Waals surface area contributed by atoms with Gasteiger partial charge in [0.25, 0.3) is 5.91 Å². The van der Waals surface area contributed by atoms with Gasteiger partial charge in [0.2, 0.25) is 0 Å². The van der Waals surface area contributed by atoms with Gasteiger partial charge in [-0.05, 0) is 12.8 Å². The van der Waals surface area contributed by atoms with Crippen molar-refractivity contribution < 1.29 is 19.8 Å². The Morgan fingerprint density at radius 1 is 1.25 bits per heavy atom. The fraction of sp³-hybridized carbons (Fsp3) is 0.333. The van der Waals surface area contributed by atoms with E-state index in [1.165, 1.54) is 18.7 Å². The van der Waals surface area contributed by atoms with E-state index in [9.17, 15) is 4.79 Å². The molecule has 0 aliphatic heterocycles. The van der Waals surface area contributed by atoms with Gasteiger partial charge in [-0.3, -0.25) is 4.79 Å². The molecule has 0 radical (unpaired) electrons. The van der Waals surface area contributed by atoms with Gasteiger partial charge in [-0.2, -0.15) is 0 Å². The first-order valence-corrected chi connectivity index (χ1v) is 4.57. The molecule has 1 heterocycles. The molecule has 7 heteroatoms. The number of amides is 1. The highest BCUT2D eigenvalue weighted by Crippen LogP contribution is 2.18. The molecule has 0 saturated heterocycles. The second-order valence-corrected chi connectivity index (χ2v) is 3.16. The monoisotopic (exact) mass is 225 g/mol. The van der Waals surface area contributed by atoms with Crippen molar-refractivity contribution in [2.75, 3.05) is 0 Å². The van der Waals surface area contributed by atoms with Crippen LogP contribution in [0.4, 0.5) is 4.79 Å². The molecule has 0 atom stereocenters. The highest BCUT2D eigenvalue weighted by Gasteiger charge is 2.23. The summed E-state index contributed by atoms with van der Waals surface area (Å²) in [5.74, 6) is -0.0712. The van der Waals surface area contributed by atoms with Crippen LogP contribution < -0.4 is 5.32 Å². The van der Waals surface area contributed by atoms with Crippen LogP contribution in [0.15, 0.2) is 18.7 Å². The summed E-state index contributed by atoms with van der Waals surface area (Å²) in [5, 5.41) is 16.8. The Bertz CT molecular complexity index is 360. The summed E-state index contributed by atoms with van der Waals surface area (Å²) in [6, 6.07) is 0.387. The van der Waals surface area contributed by atoms with Gasteiger partial charge >= 0.3 is 6.16 Å². The van der Waals surface area contributed by atoms with Crippen molar-refractivity contribution in [3.63, 3.8) is 0 Å². The number of nitrogens with zero attached hydrogens (tertiary/aromatic N) is 2. The predicted molar refractivity (Wildman–Crippen MR) is 53.2 cm³/mol. The average molecular weight is 225 g/mol. The van der Waals surface area contributed by atoms with E-state index in [1.807, 2.05) is 0 Å². The Hall–Kier alpha value is -2.18. The van der Waals surface area contributed by atoms with Crippen LogP contribution in [0.3, 0.4) is 0 Å². The maximum atomic E-state index is 11.3. The number of hydrogen-bond donors (Lipinski definition) is 3. The van der Waals surface area contributed by atoms with Gasteiger partial charge in [0.05, 0.1) is 5.56 Å². The van der Waals surface area contributed by atoms with Crippen LogP contribution in [-0.4, -0.2) is 38.3 Å². The lowest BCUT2D eigenvalue weighted by Crippen LogP contribution is -2.25. The Kier molecular flexibility index (Phi) is 4.19. The Labute approximate surface area is 91.2 Å². The molecule has 2 rings (SSSR count). The Balaban J connectivity index is 0.000000280. The number of carbonyl (C=O) groups excluding carboxylic acids is 1. The molecule has 86 valence electrons. The summed E-state index contributed by atoms with van der Waals surface area (Å²) < 4.78 is 0. The van der Waals surface area contributed by atoms with E-state index in [4.69, 9.17) is 15.0 Å². The molecule has 1 saturated carbocycles. The molecule has 1 amide bonds. The minimum Gasteiger partial charge on any atom is -0.450 e. The van der Waals surface area contributed by atoms with Crippen molar-refractivity contribution >= 4 is 12.1 Å². The molecule has 1 aromatic heterocycles. The van der Waals surface area contributed by atoms with Gasteiger partial charge in [0, 0.05) is 18.4 Å². The number of carboxylic acid groups (broad SMARTS) is 2. The van der Waals surface area contributed by atoms with Crippen LogP contribution in [0.25, 0.3) is 0 Å². The highest BCUT2D eigenvalue weighted by molar-refractivity contribution is 5.93. The zero-order valence-electron chi connectivity index (χ0n) is 8.33. The van der Waals surface area contributed by atoms with Crippen LogP contribution in [0.2, 0.25) is 0 Å². The number of hydrogen-bond acceptors (Lipinski definition) is 4. The van der Waals surface area contributed by atoms with Gasteiger partial charge in [-0.25, -0.2) is 14.8 Å². The largest absolute Gasteiger partial charge is 0.503 e. The standard InChI is InChI=1S/C8H9N3O.CH2O3/c12-8(11-7-1-2-7)6-3-9-5-10-4-6;2-1(3)4/h3-5,7H,1-2H2,(H,11,12);(H2,2,3,4). The van der Waals surface area contributed by atoms with Crippen LogP contribution >= 0.6 is 0 Å². The quantitative estimate of drug-likeness (QED) is 0.679. The first-order valence-electron chi connectivity index (χ1n) is 4.57. The molecule has 1 aliphatic carbocycles. The van der Waals surface area contributed by atoms with Crippen molar-refractivity contribution in [1.82, 2.24) is 15.3 Å². The lowest BCUT2D eigenvalue weighted by Gasteiger charge is -2.00. The molecular weight excluding hydrogens is 214 g/mol. The summed E-state index contributed by atoms with van der Waals surface area (Å²) in [5.41, 5.74) is 0.532. The van der Waals surface area contributed by atoms with E-state index in [1.54, 1.807) is 0 Å². The maximum absolute atomic E-state index is 11.3. The predicted octanol–water partition coefficient (Wildman–Crippen LogP) is 0.591.